The van der Waals surface area contributed by atoms with Crippen LogP contribution in [0.5, 0.6) is 0 Å². The molecule has 1 aromatic carbocycles. The molecule has 0 aromatic heterocycles. The maximum absolute atomic E-state index is 10.7. The average molecular weight is 505 g/mol. The van der Waals surface area contributed by atoms with E-state index in [2.05, 4.69) is 64.2 Å². The van der Waals surface area contributed by atoms with Gasteiger partial charge in [0, 0.05) is 12.5 Å². The Bertz CT molecular complexity index is 786. The minimum Gasteiger partial charge on any atom is -0.481 e. The summed E-state index contributed by atoms with van der Waals surface area (Å²) in [5.41, 5.74) is 1.32. The minimum atomic E-state index is -1.94. The van der Waals surface area contributed by atoms with Crippen molar-refractivity contribution in [2.75, 3.05) is 0 Å². The van der Waals surface area contributed by atoms with Crippen LogP contribution in [0.2, 0.25) is 18.1 Å². The molecule has 0 saturated heterocycles. The second kappa shape index (κ2) is 13.7. The van der Waals surface area contributed by atoms with E-state index >= 15 is 0 Å². The molecule has 1 fully saturated rings. The Morgan fingerprint density at radius 1 is 1.09 bits per heavy atom. The van der Waals surface area contributed by atoms with Crippen LogP contribution >= 0.6 is 0 Å². The number of rotatable bonds is 14. The first-order valence-electron chi connectivity index (χ1n) is 13.4. The quantitative estimate of drug-likeness (QED) is 0.156. The van der Waals surface area contributed by atoms with E-state index in [1.165, 1.54) is 5.56 Å². The summed E-state index contributed by atoms with van der Waals surface area (Å²) >= 11 is 0. The van der Waals surface area contributed by atoms with Crippen molar-refractivity contribution < 1.29 is 24.5 Å². The van der Waals surface area contributed by atoms with E-state index in [4.69, 9.17) is 9.53 Å². The highest BCUT2D eigenvalue weighted by Gasteiger charge is 2.42. The summed E-state index contributed by atoms with van der Waals surface area (Å²) < 4.78 is 6.86. The maximum Gasteiger partial charge on any atom is 0.303 e. The number of aryl methyl sites for hydroxylation is 1. The van der Waals surface area contributed by atoms with Gasteiger partial charge in [-0.3, -0.25) is 4.79 Å². The largest absolute Gasteiger partial charge is 0.481 e. The van der Waals surface area contributed by atoms with Gasteiger partial charge in [-0.15, -0.1) is 0 Å². The summed E-state index contributed by atoms with van der Waals surface area (Å²) in [4.78, 5) is 10.7. The molecule has 0 bridgehead atoms. The molecule has 5 nitrogen and oxygen atoms in total. The Morgan fingerprint density at radius 2 is 1.74 bits per heavy atom. The zero-order valence-corrected chi connectivity index (χ0v) is 23.5. The molecule has 0 heterocycles. The third-order valence-electron chi connectivity index (χ3n) is 8.04. The van der Waals surface area contributed by atoms with Crippen molar-refractivity contribution >= 4 is 14.3 Å². The number of hydrogen-bond donors (Lipinski definition) is 3. The molecular formula is C29H48O5Si. The van der Waals surface area contributed by atoms with Crippen molar-refractivity contribution in [3.8, 4) is 0 Å². The van der Waals surface area contributed by atoms with Gasteiger partial charge in [-0.1, -0.05) is 63.3 Å². The SMILES string of the molecule is CC(C)(C)[Si](C)(C)O[C@@H](CCc1ccccc1)CC[C@@H]1[C@@H](CC=CCCCC(=O)O)[C@@H](O)C[C@H]1O. The molecule has 2 rings (SSSR count). The number of aliphatic carboxylic acids is 1. The Kier molecular flexibility index (Phi) is 11.7. The van der Waals surface area contributed by atoms with Crippen molar-refractivity contribution in [1.82, 2.24) is 0 Å². The summed E-state index contributed by atoms with van der Waals surface area (Å²) in [6, 6.07) is 10.5. The lowest BCUT2D eigenvalue weighted by Gasteiger charge is -2.40. The number of benzene rings is 1. The fourth-order valence-corrected chi connectivity index (χ4v) is 6.28. The molecule has 3 N–H and O–H groups in total. The number of allylic oxidation sites excluding steroid dienone is 2. The van der Waals surface area contributed by atoms with Crippen LogP contribution in [0.25, 0.3) is 0 Å². The van der Waals surface area contributed by atoms with Crippen LogP contribution in [0.15, 0.2) is 42.5 Å². The number of aliphatic hydroxyl groups excluding tert-OH is 2. The van der Waals surface area contributed by atoms with Gasteiger partial charge in [-0.2, -0.15) is 0 Å². The zero-order chi connectivity index (χ0) is 26.1. The molecule has 0 unspecified atom stereocenters. The molecule has 0 spiro atoms. The second-order valence-corrected chi connectivity index (χ2v) is 16.5. The minimum absolute atomic E-state index is 0.0309. The number of aliphatic hydroxyl groups is 2. The fraction of sp³-hybridized carbons (Fsp3) is 0.690. The Hall–Kier alpha value is -1.47. The van der Waals surface area contributed by atoms with E-state index in [0.717, 1.165) is 32.1 Å². The Balaban J connectivity index is 2.01. The van der Waals surface area contributed by atoms with Gasteiger partial charge in [0.2, 0.25) is 0 Å². The highest BCUT2D eigenvalue weighted by molar-refractivity contribution is 6.74. The zero-order valence-electron chi connectivity index (χ0n) is 22.5. The molecular weight excluding hydrogens is 456 g/mol. The van der Waals surface area contributed by atoms with Crippen LogP contribution in [0.4, 0.5) is 0 Å². The number of hydrogen-bond acceptors (Lipinski definition) is 4. The van der Waals surface area contributed by atoms with E-state index in [0.29, 0.717) is 19.3 Å². The molecule has 5 atom stereocenters. The van der Waals surface area contributed by atoms with Crippen molar-refractivity contribution in [1.29, 1.82) is 0 Å². The molecule has 1 aromatic rings. The number of carboxylic acid groups (broad SMARTS) is 1. The lowest BCUT2D eigenvalue weighted by atomic mass is 9.85. The van der Waals surface area contributed by atoms with Gasteiger partial charge in [0.15, 0.2) is 8.32 Å². The number of carboxylic acids is 1. The Morgan fingerprint density at radius 3 is 2.37 bits per heavy atom. The third kappa shape index (κ3) is 9.83. The number of unbranched alkanes of at least 4 members (excludes halogenated alkanes) is 1. The first-order valence-corrected chi connectivity index (χ1v) is 16.3. The molecule has 0 aliphatic heterocycles. The molecule has 6 heteroatoms. The van der Waals surface area contributed by atoms with Crippen molar-refractivity contribution in [3.05, 3.63) is 48.0 Å². The van der Waals surface area contributed by atoms with Gasteiger partial charge in [0.05, 0.1) is 12.2 Å². The van der Waals surface area contributed by atoms with Crippen molar-refractivity contribution in [3.63, 3.8) is 0 Å². The summed E-state index contributed by atoms with van der Waals surface area (Å²) in [5.74, 6) is -0.686. The van der Waals surface area contributed by atoms with Gasteiger partial charge in [0.1, 0.15) is 0 Å². The van der Waals surface area contributed by atoms with Gasteiger partial charge in [-0.25, -0.2) is 0 Å². The van der Waals surface area contributed by atoms with E-state index < -0.39 is 26.5 Å². The molecule has 35 heavy (non-hydrogen) atoms. The van der Waals surface area contributed by atoms with Crippen molar-refractivity contribution in [2.24, 2.45) is 11.8 Å². The van der Waals surface area contributed by atoms with Gasteiger partial charge in [0.25, 0.3) is 0 Å². The van der Waals surface area contributed by atoms with Crippen LogP contribution in [0.3, 0.4) is 0 Å². The Labute approximate surface area is 213 Å². The number of carbonyl (C=O) groups is 1. The van der Waals surface area contributed by atoms with Gasteiger partial charge in [-0.05, 0) is 86.9 Å². The van der Waals surface area contributed by atoms with E-state index in [-0.39, 0.29) is 29.4 Å². The lowest BCUT2D eigenvalue weighted by molar-refractivity contribution is -0.137. The second-order valence-electron chi connectivity index (χ2n) is 11.8. The lowest BCUT2D eigenvalue weighted by Crippen LogP contribution is -2.44. The van der Waals surface area contributed by atoms with Crippen LogP contribution in [-0.2, 0) is 15.6 Å². The van der Waals surface area contributed by atoms with Crippen molar-refractivity contribution in [2.45, 2.75) is 115 Å². The third-order valence-corrected chi connectivity index (χ3v) is 12.6. The predicted molar refractivity (Wildman–Crippen MR) is 145 cm³/mol. The molecule has 198 valence electrons. The van der Waals surface area contributed by atoms with E-state index in [1.54, 1.807) is 0 Å². The average Bonchev–Trinajstić information content (AvgIpc) is 3.04. The normalized spacial score (nSPS) is 24.2. The standard InChI is InChI=1S/C29H48O5Si/c1-29(2,3)35(4,5)34-23(18-17-22-13-9-8-10-14-22)19-20-25-24(26(30)21-27(25)31)15-11-6-7-12-16-28(32)33/h6,8-11,13-14,23-27,30-31H,7,12,15-21H2,1-5H3,(H,32,33)/t23-,24+,25+,26-,27+/m0/s1. The van der Waals surface area contributed by atoms with Gasteiger partial charge < -0.3 is 19.7 Å². The summed E-state index contributed by atoms with van der Waals surface area (Å²) in [6.45, 7) is 11.4. The van der Waals surface area contributed by atoms with Gasteiger partial charge >= 0.3 is 5.97 Å². The first kappa shape index (κ1) is 29.8. The van der Waals surface area contributed by atoms with E-state index in [1.807, 2.05) is 12.1 Å². The molecule has 0 radical (unpaired) electrons. The molecule has 0 amide bonds. The molecule has 1 aliphatic rings. The predicted octanol–water partition coefficient (Wildman–Crippen LogP) is 6.35. The fourth-order valence-electron chi connectivity index (χ4n) is 4.85. The highest BCUT2D eigenvalue weighted by atomic mass is 28.4. The monoisotopic (exact) mass is 504 g/mol. The summed E-state index contributed by atoms with van der Waals surface area (Å²) in [6.07, 6.45) is 9.53. The van der Waals surface area contributed by atoms with Crippen LogP contribution < -0.4 is 0 Å². The topological polar surface area (TPSA) is 87.0 Å². The summed E-state index contributed by atoms with van der Waals surface area (Å²) in [7, 11) is -1.94. The van der Waals surface area contributed by atoms with Crippen LogP contribution in [-0.4, -0.2) is 47.9 Å². The first-order chi connectivity index (χ1) is 16.4. The smallest absolute Gasteiger partial charge is 0.303 e. The highest BCUT2D eigenvalue weighted by Crippen LogP contribution is 2.41. The van der Waals surface area contributed by atoms with E-state index in [9.17, 15) is 15.0 Å². The van der Waals surface area contributed by atoms with Crippen LogP contribution in [0, 0.1) is 11.8 Å². The van der Waals surface area contributed by atoms with Crippen LogP contribution in [0.1, 0.15) is 77.7 Å². The molecule has 1 saturated carbocycles. The summed E-state index contributed by atoms with van der Waals surface area (Å²) in [5, 5.41) is 30.3. The maximum atomic E-state index is 10.7. The molecule has 1 aliphatic carbocycles.